The van der Waals surface area contributed by atoms with Gasteiger partial charge in [-0.25, -0.2) is 14.4 Å². The average molecular weight is 423 g/mol. The quantitative estimate of drug-likeness (QED) is 0.567. The molecule has 2 aliphatic carbocycles. The molecule has 4 rings (SSSR count). The Morgan fingerprint density at radius 1 is 1.24 bits per heavy atom. The molecule has 0 radical (unpaired) electrons. The molecule has 2 heterocycles. The first kappa shape index (κ1) is 20.5. The lowest BCUT2D eigenvalue weighted by atomic mass is 9.83. The molecule has 0 aromatic carbocycles. The number of fused-ring (bicyclic) bond motifs is 1. The predicted molar refractivity (Wildman–Crippen MR) is 108 cm³/mol. The van der Waals surface area contributed by atoms with Gasteiger partial charge < -0.3 is 19.0 Å². The number of ketones is 1. The maximum absolute atomic E-state index is 12.9. The van der Waals surface area contributed by atoms with Crippen LogP contribution in [0.2, 0.25) is 0 Å². The zero-order valence-electron chi connectivity index (χ0n) is 16.8. The van der Waals surface area contributed by atoms with Crippen LogP contribution in [0.15, 0.2) is 12.1 Å². The molecule has 8 heteroatoms. The Hall–Kier alpha value is -1.80. The minimum Gasteiger partial charge on any atom is -0.477 e. The third kappa shape index (κ3) is 5.42. The smallest absolute Gasteiger partial charge is 0.276 e. The molecule has 2 aliphatic rings. The molecular weight excluding hydrogens is 395 g/mol. The van der Waals surface area contributed by atoms with E-state index in [1.165, 1.54) is 11.3 Å². The zero-order chi connectivity index (χ0) is 20.4. The first-order chi connectivity index (χ1) is 13.9. The summed E-state index contributed by atoms with van der Waals surface area (Å²) in [6.07, 6.45) is 2.88. The van der Waals surface area contributed by atoms with Crippen LogP contribution in [0.1, 0.15) is 46.0 Å². The number of hydrogen-bond donors (Lipinski definition) is 0. The molecule has 29 heavy (non-hydrogen) atoms. The summed E-state index contributed by atoms with van der Waals surface area (Å²) in [5, 5.41) is 0.541. The molecule has 0 unspecified atom stereocenters. The number of nitrogens with zero attached hydrogens (tertiary/aromatic N) is 2. The highest BCUT2D eigenvalue weighted by atomic mass is 32.1. The highest BCUT2D eigenvalue weighted by molar-refractivity contribution is 7.19. The average Bonchev–Trinajstić information content (AvgIpc) is 2.99. The number of thiazole rings is 1. The summed E-state index contributed by atoms with van der Waals surface area (Å²) in [6, 6.07) is 3.70. The van der Waals surface area contributed by atoms with Crippen LogP contribution in [0.4, 0.5) is 4.39 Å². The van der Waals surface area contributed by atoms with E-state index in [9.17, 15) is 9.18 Å². The topological polar surface area (TPSA) is 70.5 Å². The van der Waals surface area contributed by atoms with E-state index in [0.29, 0.717) is 49.5 Å². The molecular formula is C21H27FN2O4S. The Morgan fingerprint density at radius 3 is 2.76 bits per heavy atom. The van der Waals surface area contributed by atoms with Crippen LogP contribution in [0.5, 0.6) is 11.1 Å². The fraction of sp³-hybridized carbons (Fsp3) is 0.667. The summed E-state index contributed by atoms with van der Waals surface area (Å²) in [7, 11) is 0. The van der Waals surface area contributed by atoms with Gasteiger partial charge in [0.05, 0.1) is 12.7 Å². The molecule has 0 bridgehead atoms. The second-order valence-corrected chi connectivity index (χ2v) is 9.32. The second kappa shape index (κ2) is 8.92. The molecule has 158 valence electrons. The standard InChI is InChI=1S/C21H27FN2O4S/c1-12(5-13(2)25)10-26-16-6-14(7-16)11-27-19-4-3-18-20(24-19)29-21(23-18)28-17-8-15(22)9-17/h3-4,12,14-17H,5-11H2,1-2H3/t12-,14?,15?,16?,17?/m1/s1. The Labute approximate surface area is 173 Å². The van der Waals surface area contributed by atoms with Crippen molar-refractivity contribution in [2.45, 2.75) is 64.3 Å². The minimum absolute atomic E-state index is 0.0690. The zero-order valence-corrected chi connectivity index (χ0v) is 17.6. The van der Waals surface area contributed by atoms with Crippen molar-refractivity contribution in [2.24, 2.45) is 11.8 Å². The minimum atomic E-state index is -0.743. The van der Waals surface area contributed by atoms with Crippen LogP contribution >= 0.6 is 11.3 Å². The molecule has 2 aromatic rings. The molecule has 6 nitrogen and oxygen atoms in total. The third-order valence-electron chi connectivity index (χ3n) is 5.43. The first-order valence-corrected chi connectivity index (χ1v) is 11.1. The highest BCUT2D eigenvalue weighted by Gasteiger charge is 2.32. The monoisotopic (exact) mass is 422 g/mol. The van der Waals surface area contributed by atoms with Crippen molar-refractivity contribution >= 4 is 27.5 Å². The van der Waals surface area contributed by atoms with Crippen LogP contribution in [-0.4, -0.2) is 47.3 Å². The molecule has 1 atom stereocenters. The number of aromatic nitrogens is 2. The van der Waals surface area contributed by atoms with Crippen molar-refractivity contribution in [3.63, 3.8) is 0 Å². The molecule has 2 fully saturated rings. The maximum Gasteiger partial charge on any atom is 0.276 e. The fourth-order valence-corrected chi connectivity index (χ4v) is 4.50. The van der Waals surface area contributed by atoms with Crippen molar-refractivity contribution < 1.29 is 23.4 Å². The van der Waals surface area contributed by atoms with Crippen molar-refractivity contribution in [3.05, 3.63) is 12.1 Å². The summed E-state index contributed by atoms with van der Waals surface area (Å²) in [5.41, 5.74) is 0.769. The highest BCUT2D eigenvalue weighted by Crippen LogP contribution is 2.34. The number of halogens is 1. The van der Waals surface area contributed by atoms with Crippen LogP contribution < -0.4 is 9.47 Å². The van der Waals surface area contributed by atoms with E-state index in [1.54, 1.807) is 6.92 Å². The van der Waals surface area contributed by atoms with Gasteiger partial charge in [0.25, 0.3) is 5.19 Å². The number of carbonyl (C=O) groups excluding carboxylic acids is 1. The number of carbonyl (C=O) groups is 1. The van der Waals surface area contributed by atoms with Crippen LogP contribution in [0, 0.1) is 11.8 Å². The van der Waals surface area contributed by atoms with E-state index in [-0.39, 0.29) is 23.9 Å². The van der Waals surface area contributed by atoms with Gasteiger partial charge in [-0.05, 0) is 37.7 Å². The lowest BCUT2D eigenvalue weighted by Gasteiger charge is -2.35. The van der Waals surface area contributed by atoms with Crippen LogP contribution in [0.3, 0.4) is 0 Å². The lowest BCUT2D eigenvalue weighted by molar-refractivity contribution is -0.119. The van der Waals surface area contributed by atoms with Crippen molar-refractivity contribution in [1.29, 1.82) is 0 Å². The number of rotatable bonds is 10. The second-order valence-electron chi connectivity index (χ2n) is 8.38. The number of pyridine rings is 1. The lowest BCUT2D eigenvalue weighted by Crippen LogP contribution is -2.36. The van der Waals surface area contributed by atoms with Gasteiger partial charge in [0, 0.05) is 31.9 Å². The van der Waals surface area contributed by atoms with Gasteiger partial charge in [-0.1, -0.05) is 18.3 Å². The molecule has 0 saturated heterocycles. The van der Waals surface area contributed by atoms with Gasteiger partial charge in [0.2, 0.25) is 5.88 Å². The number of hydrogen-bond acceptors (Lipinski definition) is 7. The van der Waals surface area contributed by atoms with Gasteiger partial charge in [-0.15, -0.1) is 0 Å². The van der Waals surface area contributed by atoms with Gasteiger partial charge in [0.15, 0.2) is 4.83 Å². The van der Waals surface area contributed by atoms with Crippen molar-refractivity contribution in [3.8, 4) is 11.1 Å². The van der Waals surface area contributed by atoms with Crippen LogP contribution in [-0.2, 0) is 9.53 Å². The van der Waals surface area contributed by atoms with Crippen LogP contribution in [0.25, 0.3) is 10.3 Å². The van der Waals surface area contributed by atoms with E-state index >= 15 is 0 Å². The normalized spacial score (nSPS) is 27.1. The van der Waals surface area contributed by atoms with Gasteiger partial charge in [-0.3, -0.25) is 0 Å². The summed E-state index contributed by atoms with van der Waals surface area (Å²) < 4.78 is 30.3. The first-order valence-electron chi connectivity index (χ1n) is 10.3. The Morgan fingerprint density at radius 2 is 2.03 bits per heavy atom. The molecule has 2 aromatic heterocycles. The summed E-state index contributed by atoms with van der Waals surface area (Å²) in [4.78, 5) is 20.8. The van der Waals surface area contributed by atoms with Crippen molar-refractivity contribution in [2.75, 3.05) is 13.2 Å². The van der Waals surface area contributed by atoms with E-state index in [1.807, 2.05) is 19.1 Å². The van der Waals surface area contributed by atoms with E-state index in [4.69, 9.17) is 14.2 Å². The summed E-state index contributed by atoms with van der Waals surface area (Å²) in [6.45, 7) is 4.91. The maximum atomic E-state index is 12.9. The largest absolute Gasteiger partial charge is 0.477 e. The summed E-state index contributed by atoms with van der Waals surface area (Å²) >= 11 is 1.37. The van der Waals surface area contributed by atoms with E-state index < -0.39 is 6.17 Å². The molecule has 2 saturated carbocycles. The summed E-state index contributed by atoms with van der Waals surface area (Å²) in [5.74, 6) is 1.53. The molecule has 0 N–H and O–H groups in total. The number of Topliss-reactive ketones (excluding diaryl/α,β-unsaturated/α-hetero) is 1. The van der Waals surface area contributed by atoms with E-state index in [2.05, 4.69) is 9.97 Å². The predicted octanol–water partition coefficient (Wildman–Crippen LogP) is 4.36. The fourth-order valence-electron chi connectivity index (χ4n) is 3.65. The number of alkyl halides is 1. The van der Waals surface area contributed by atoms with Gasteiger partial charge >= 0.3 is 0 Å². The number of ether oxygens (including phenoxy) is 3. The van der Waals surface area contributed by atoms with Gasteiger partial charge in [0.1, 0.15) is 23.6 Å². The third-order valence-corrected chi connectivity index (χ3v) is 6.28. The Bertz CT molecular complexity index is 848. The molecule has 0 amide bonds. The van der Waals surface area contributed by atoms with Gasteiger partial charge in [-0.2, -0.15) is 0 Å². The van der Waals surface area contributed by atoms with E-state index in [0.717, 1.165) is 23.2 Å². The SMILES string of the molecule is CC(=O)C[C@@H](C)COC1CC(COc2ccc3nc(OC4CC(F)C4)sc3n2)C1. The Kier molecular flexibility index (Phi) is 6.29. The molecule has 0 aliphatic heterocycles. The van der Waals surface area contributed by atoms with Crippen molar-refractivity contribution in [1.82, 2.24) is 9.97 Å². The molecule has 0 spiro atoms. The Balaban J connectivity index is 1.19.